The highest BCUT2D eigenvalue weighted by molar-refractivity contribution is 5.91. The van der Waals surface area contributed by atoms with Crippen LogP contribution in [0.25, 0.3) is 0 Å². The zero-order valence-corrected chi connectivity index (χ0v) is 19.7. The van der Waals surface area contributed by atoms with Gasteiger partial charge in [0.25, 0.3) is 0 Å². The molecule has 178 valence electrons. The molecule has 4 amide bonds. The van der Waals surface area contributed by atoms with Crippen LogP contribution in [0.1, 0.15) is 31.0 Å². The van der Waals surface area contributed by atoms with E-state index in [1.54, 1.807) is 38.4 Å². The van der Waals surface area contributed by atoms with E-state index in [1.807, 2.05) is 38.1 Å². The molecule has 9 nitrogen and oxygen atoms in total. The third-order valence-corrected chi connectivity index (χ3v) is 5.49. The number of urea groups is 2. The maximum absolute atomic E-state index is 13.3. The van der Waals surface area contributed by atoms with Crippen molar-refractivity contribution in [3.05, 3.63) is 47.5 Å². The Kier molecular flexibility index (Phi) is 7.87. The molecule has 1 atom stereocenters. The highest BCUT2D eigenvalue weighted by Gasteiger charge is 2.33. The number of hydrogen-bond donors (Lipinski definition) is 3. The van der Waals surface area contributed by atoms with Crippen LogP contribution < -0.4 is 30.2 Å². The zero-order chi connectivity index (χ0) is 24.0. The van der Waals surface area contributed by atoms with Gasteiger partial charge in [0.15, 0.2) is 11.5 Å². The van der Waals surface area contributed by atoms with Crippen molar-refractivity contribution in [2.45, 2.75) is 32.4 Å². The van der Waals surface area contributed by atoms with Gasteiger partial charge in [-0.25, -0.2) is 9.59 Å². The normalized spacial score (nSPS) is 14.8. The molecular weight excluding hydrogens is 424 g/mol. The predicted molar refractivity (Wildman–Crippen MR) is 126 cm³/mol. The van der Waals surface area contributed by atoms with Crippen LogP contribution in [0, 0.1) is 0 Å². The standard InChI is InChI=1S/C24H32N4O5/c1-15(2)26-23(29)25-14-19-17-13-22(33-5)21(32-4)12-16(17)10-11-28(19)24(30)27-18-8-6-7-9-20(18)31-3/h6-9,12-13,15,19H,10-11,14H2,1-5H3,(H,27,30)(H2,25,26,29). The van der Waals surface area contributed by atoms with Crippen molar-refractivity contribution in [2.24, 2.45) is 0 Å². The molecule has 2 aromatic carbocycles. The van der Waals surface area contributed by atoms with Gasteiger partial charge >= 0.3 is 12.1 Å². The van der Waals surface area contributed by atoms with Gasteiger partial charge in [0, 0.05) is 19.1 Å². The molecule has 0 saturated carbocycles. The molecule has 0 radical (unpaired) electrons. The van der Waals surface area contributed by atoms with E-state index < -0.39 is 6.04 Å². The van der Waals surface area contributed by atoms with E-state index >= 15 is 0 Å². The van der Waals surface area contributed by atoms with E-state index in [-0.39, 0.29) is 24.6 Å². The number of carbonyl (C=O) groups excluding carboxylic acids is 2. The summed E-state index contributed by atoms with van der Waals surface area (Å²) in [5.41, 5.74) is 2.52. The largest absolute Gasteiger partial charge is 0.495 e. The number of carbonyl (C=O) groups is 2. The molecule has 0 fully saturated rings. The van der Waals surface area contributed by atoms with Crippen molar-refractivity contribution in [1.29, 1.82) is 0 Å². The second kappa shape index (κ2) is 10.8. The van der Waals surface area contributed by atoms with Crippen molar-refractivity contribution >= 4 is 17.7 Å². The fourth-order valence-electron chi connectivity index (χ4n) is 3.93. The fraction of sp³-hybridized carbons (Fsp3) is 0.417. The number of methoxy groups -OCH3 is 3. The third kappa shape index (κ3) is 5.60. The van der Waals surface area contributed by atoms with Gasteiger partial charge in [-0.2, -0.15) is 0 Å². The molecule has 1 heterocycles. The first-order valence-electron chi connectivity index (χ1n) is 10.9. The molecule has 0 aliphatic carbocycles. The average molecular weight is 457 g/mol. The number of amides is 4. The fourth-order valence-corrected chi connectivity index (χ4v) is 3.93. The minimum Gasteiger partial charge on any atom is -0.495 e. The molecule has 0 spiro atoms. The van der Waals surface area contributed by atoms with Gasteiger partial charge in [0.2, 0.25) is 0 Å². The van der Waals surface area contributed by atoms with Crippen LogP contribution in [0.5, 0.6) is 17.2 Å². The average Bonchev–Trinajstić information content (AvgIpc) is 2.81. The van der Waals surface area contributed by atoms with Crippen LogP contribution in [0.3, 0.4) is 0 Å². The molecule has 1 unspecified atom stereocenters. The third-order valence-electron chi connectivity index (χ3n) is 5.49. The molecule has 0 saturated heterocycles. The summed E-state index contributed by atoms with van der Waals surface area (Å²) in [6.45, 7) is 4.49. The topological polar surface area (TPSA) is 101 Å². The Labute approximate surface area is 194 Å². The van der Waals surface area contributed by atoms with E-state index in [9.17, 15) is 9.59 Å². The molecule has 9 heteroatoms. The van der Waals surface area contributed by atoms with Gasteiger partial charge in [0.05, 0.1) is 33.1 Å². The first-order chi connectivity index (χ1) is 15.9. The molecule has 3 N–H and O–H groups in total. The van der Waals surface area contributed by atoms with E-state index in [0.717, 1.165) is 11.1 Å². The van der Waals surface area contributed by atoms with Gasteiger partial charge < -0.3 is 35.1 Å². The number of nitrogens with zero attached hydrogens (tertiary/aromatic N) is 1. The summed E-state index contributed by atoms with van der Waals surface area (Å²) in [6.07, 6.45) is 0.643. The van der Waals surface area contributed by atoms with Crippen LogP contribution in [0.4, 0.5) is 15.3 Å². The number of rotatable bonds is 7. The quantitative estimate of drug-likeness (QED) is 0.592. The van der Waals surface area contributed by atoms with Crippen molar-refractivity contribution in [3.63, 3.8) is 0 Å². The van der Waals surface area contributed by atoms with Crippen molar-refractivity contribution in [3.8, 4) is 17.2 Å². The number of ether oxygens (including phenoxy) is 3. The zero-order valence-electron chi connectivity index (χ0n) is 19.7. The van der Waals surface area contributed by atoms with Gasteiger partial charge in [-0.05, 0) is 55.7 Å². The predicted octanol–water partition coefficient (Wildman–Crippen LogP) is 3.55. The minimum atomic E-state index is -0.402. The lowest BCUT2D eigenvalue weighted by Crippen LogP contribution is -2.49. The van der Waals surface area contributed by atoms with Crippen LogP contribution in [-0.4, -0.2) is 57.4 Å². The maximum atomic E-state index is 13.3. The van der Waals surface area contributed by atoms with Gasteiger partial charge in [-0.3, -0.25) is 0 Å². The Morgan fingerprint density at radius 3 is 2.36 bits per heavy atom. The molecule has 0 bridgehead atoms. The van der Waals surface area contributed by atoms with E-state index in [1.165, 1.54) is 0 Å². The summed E-state index contributed by atoms with van der Waals surface area (Å²) in [5.74, 6) is 1.77. The second-order valence-corrected chi connectivity index (χ2v) is 8.00. The lowest BCUT2D eigenvalue weighted by molar-refractivity contribution is 0.179. The number of hydrogen-bond acceptors (Lipinski definition) is 5. The van der Waals surface area contributed by atoms with E-state index in [4.69, 9.17) is 14.2 Å². The Morgan fingerprint density at radius 1 is 1.03 bits per heavy atom. The number of fused-ring (bicyclic) bond motifs is 1. The van der Waals surface area contributed by atoms with Crippen LogP contribution in [0.15, 0.2) is 36.4 Å². The maximum Gasteiger partial charge on any atom is 0.322 e. The molecule has 1 aliphatic heterocycles. The second-order valence-electron chi connectivity index (χ2n) is 8.00. The number of anilines is 1. The smallest absolute Gasteiger partial charge is 0.322 e. The number of nitrogens with one attached hydrogen (secondary N) is 3. The van der Waals surface area contributed by atoms with Crippen LogP contribution in [0.2, 0.25) is 0 Å². The molecular formula is C24H32N4O5. The minimum absolute atomic E-state index is 0.00190. The summed E-state index contributed by atoms with van der Waals surface area (Å²) in [4.78, 5) is 27.3. The first kappa shape index (κ1) is 24.0. The van der Waals surface area contributed by atoms with Crippen molar-refractivity contribution < 1.29 is 23.8 Å². The first-order valence-corrected chi connectivity index (χ1v) is 10.9. The van der Waals surface area contributed by atoms with Crippen molar-refractivity contribution in [2.75, 3.05) is 39.7 Å². The number of para-hydroxylation sites is 2. The molecule has 33 heavy (non-hydrogen) atoms. The molecule has 3 rings (SSSR count). The highest BCUT2D eigenvalue weighted by Crippen LogP contribution is 2.38. The highest BCUT2D eigenvalue weighted by atomic mass is 16.5. The summed E-state index contributed by atoms with van der Waals surface area (Å²) in [6, 6.07) is 10.1. The van der Waals surface area contributed by atoms with Gasteiger partial charge in [-0.15, -0.1) is 0 Å². The van der Waals surface area contributed by atoms with Crippen LogP contribution in [-0.2, 0) is 6.42 Å². The van der Waals surface area contributed by atoms with E-state index in [2.05, 4.69) is 16.0 Å². The summed E-state index contributed by atoms with van der Waals surface area (Å²) < 4.78 is 16.3. The Bertz CT molecular complexity index is 995. The SMILES string of the molecule is COc1ccccc1NC(=O)N1CCc2cc(OC)c(OC)cc2C1CNC(=O)NC(C)C. The molecule has 2 aromatic rings. The van der Waals surface area contributed by atoms with Crippen molar-refractivity contribution in [1.82, 2.24) is 15.5 Å². The van der Waals surface area contributed by atoms with Gasteiger partial charge in [-0.1, -0.05) is 12.1 Å². The summed E-state index contributed by atoms with van der Waals surface area (Å²) in [7, 11) is 4.72. The lowest BCUT2D eigenvalue weighted by Gasteiger charge is -2.38. The van der Waals surface area contributed by atoms with Crippen LogP contribution >= 0.6 is 0 Å². The lowest BCUT2D eigenvalue weighted by atomic mass is 9.92. The summed E-state index contributed by atoms with van der Waals surface area (Å²) >= 11 is 0. The van der Waals surface area contributed by atoms with Gasteiger partial charge in [0.1, 0.15) is 5.75 Å². The summed E-state index contributed by atoms with van der Waals surface area (Å²) in [5, 5.41) is 8.65. The monoisotopic (exact) mass is 456 g/mol. The molecule has 0 aromatic heterocycles. The Balaban J connectivity index is 1.91. The Hall–Kier alpha value is -3.62. The molecule has 1 aliphatic rings. The van der Waals surface area contributed by atoms with E-state index in [0.29, 0.717) is 35.9 Å². The Morgan fingerprint density at radius 2 is 1.70 bits per heavy atom. The number of benzene rings is 2.